The summed E-state index contributed by atoms with van der Waals surface area (Å²) in [7, 11) is 1.61. The Morgan fingerprint density at radius 1 is 0.840 bits per heavy atom. The van der Waals surface area contributed by atoms with E-state index in [9.17, 15) is 14.2 Å². The van der Waals surface area contributed by atoms with Gasteiger partial charge in [0.1, 0.15) is 13.2 Å². The van der Waals surface area contributed by atoms with Gasteiger partial charge in [-0.15, -0.1) is 0 Å². The molecule has 0 radical (unpaired) electrons. The zero-order valence-corrected chi connectivity index (χ0v) is 17.3. The summed E-state index contributed by atoms with van der Waals surface area (Å²) < 4.78 is 28.3. The lowest BCUT2D eigenvalue weighted by atomic mass is 10.2. The standard InChI is InChI=1S/C17H35NO6P/c1-6-8-10-12-16(19)23-25(21,22-15-14-18(3,4)5)24-17(20)13-11-9-7-2/h6-15H2,1-5H3/q+1. The molecule has 0 bridgehead atoms. The molecule has 0 aromatic heterocycles. The summed E-state index contributed by atoms with van der Waals surface area (Å²) in [5.41, 5.74) is 0. The third-order valence-corrected chi connectivity index (χ3v) is 4.76. The molecule has 0 fully saturated rings. The fourth-order valence-corrected chi connectivity index (χ4v) is 3.01. The molecule has 148 valence electrons. The molecule has 0 spiro atoms. The predicted molar refractivity (Wildman–Crippen MR) is 96.9 cm³/mol. The number of phosphoric acid groups is 1. The minimum Gasteiger partial charge on any atom is -0.361 e. The highest BCUT2D eigenvalue weighted by atomic mass is 31.2. The van der Waals surface area contributed by atoms with Gasteiger partial charge < -0.3 is 13.5 Å². The highest BCUT2D eigenvalue weighted by Gasteiger charge is 2.35. The van der Waals surface area contributed by atoms with Crippen LogP contribution in [-0.4, -0.2) is 50.7 Å². The van der Waals surface area contributed by atoms with E-state index in [0.717, 1.165) is 25.7 Å². The van der Waals surface area contributed by atoms with E-state index in [1.807, 2.05) is 35.0 Å². The van der Waals surface area contributed by atoms with Gasteiger partial charge in [-0.2, -0.15) is 0 Å². The van der Waals surface area contributed by atoms with Crippen molar-refractivity contribution in [1.29, 1.82) is 0 Å². The monoisotopic (exact) mass is 380 g/mol. The lowest BCUT2D eigenvalue weighted by Gasteiger charge is -2.24. The Balaban J connectivity index is 4.69. The van der Waals surface area contributed by atoms with Crippen molar-refractivity contribution in [2.24, 2.45) is 0 Å². The smallest absolute Gasteiger partial charge is 0.361 e. The van der Waals surface area contributed by atoms with Gasteiger partial charge in [0.15, 0.2) is 0 Å². The first-order chi connectivity index (χ1) is 11.6. The lowest BCUT2D eigenvalue weighted by molar-refractivity contribution is -0.870. The van der Waals surface area contributed by atoms with Gasteiger partial charge in [-0.25, -0.2) is 4.57 Å². The summed E-state index contributed by atoms with van der Waals surface area (Å²) in [5.74, 6) is -1.33. The average Bonchev–Trinajstić information content (AvgIpc) is 2.45. The Labute approximate surface area is 152 Å². The molecule has 0 aromatic rings. The lowest BCUT2D eigenvalue weighted by Crippen LogP contribution is -2.37. The summed E-state index contributed by atoms with van der Waals surface area (Å²) in [4.78, 5) is 23.7. The van der Waals surface area contributed by atoms with Crippen molar-refractivity contribution >= 4 is 19.8 Å². The summed E-state index contributed by atoms with van der Waals surface area (Å²) in [5, 5.41) is 0. The van der Waals surface area contributed by atoms with Crippen LogP contribution < -0.4 is 0 Å². The van der Waals surface area contributed by atoms with Crippen LogP contribution in [0.5, 0.6) is 0 Å². The number of carbonyl (C=O) groups is 2. The maximum atomic E-state index is 12.7. The van der Waals surface area contributed by atoms with Crippen LogP contribution in [0.4, 0.5) is 0 Å². The molecule has 0 aliphatic carbocycles. The van der Waals surface area contributed by atoms with Gasteiger partial charge in [0, 0.05) is 12.8 Å². The quantitative estimate of drug-likeness (QED) is 0.257. The van der Waals surface area contributed by atoms with Crippen LogP contribution in [0.25, 0.3) is 0 Å². The normalized spacial score (nSPS) is 12.0. The Morgan fingerprint density at radius 3 is 1.64 bits per heavy atom. The van der Waals surface area contributed by atoms with Crippen molar-refractivity contribution in [2.45, 2.75) is 65.2 Å². The number of hydrogen-bond acceptors (Lipinski definition) is 6. The summed E-state index contributed by atoms with van der Waals surface area (Å²) in [6.45, 7) is 4.63. The zero-order valence-electron chi connectivity index (χ0n) is 16.4. The predicted octanol–water partition coefficient (Wildman–Crippen LogP) is 4.06. The minimum atomic E-state index is -4.22. The molecule has 8 heteroatoms. The molecule has 0 saturated heterocycles. The van der Waals surface area contributed by atoms with Crippen molar-refractivity contribution in [3.05, 3.63) is 0 Å². The highest BCUT2D eigenvalue weighted by molar-refractivity contribution is 7.49. The number of rotatable bonds is 14. The third-order valence-electron chi connectivity index (χ3n) is 3.41. The third kappa shape index (κ3) is 14.0. The van der Waals surface area contributed by atoms with Crippen LogP contribution in [0.2, 0.25) is 0 Å². The molecule has 7 nitrogen and oxygen atoms in total. The maximum Gasteiger partial charge on any atom is 0.592 e. The zero-order chi connectivity index (χ0) is 19.3. The van der Waals surface area contributed by atoms with E-state index in [0.29, 0.717) is 23.9 Å². The topological polar surface area (TPSA) is 78.9 Å². The Bertz CT molecular complexity index is 419. The van der Waals surface area contributed by atoms with E-state index < -0.39 is 19.8 Å². The molecule has 0 N–H and O–H groups in total. The SMILES string of the molecule is CCCCCC(=O)OP(=O)(OCC[N+](C)(C)C)OC(=O)CCCCC. The van der Waals surface area contributed by atoms with Crippen molar-refractivity contribution in [1.82, 2.24) is 0 Å². The second-order valence-electron chi connectivity index (χ2n) is 7.14. The second kappa shape index (κ2) is 12.4. The van der Waals surface area contributed by atoms with E-state index >= 15 is 0 Å². The molecular weight excluding hydrogens is 345 g/mol. The van der Waals surface area contributed by atoms with Gasteiger partial charge >= 0.3 is 19.8 Å². The minimum absolute atomic E-state index is 0.0608. The van der Waals surface area contributed by atoms with Crippen LogP contribution in [0.1, 0.15) is 65.2 Å². The van der Waals surface area contributed by atoms with Crippen molar-refractivity contribution < 1.29 is 32.2 Å². The number of unbranched alkanes of at least 4 members (excludes halogenated alkanes) is 4. The summed E-state index contributed by atoms with van der Waals surface area (Å²) >= 11 is 0. The Hall–Kier alpha value is -0.910. The van der Waals surface area contributed by atoms with Crippen molar-refractivity contribution in [3.63, 3.8) is 0 Å². The number of quaternary nitrogens is 1. The van der Waals surface area contributed by atoms with Crippen LogP contribution >= 0.6 is 7.82 Å². The Kier molecular flexibility index (Phi) is 12.0. The van der Waals surface area contributed by atoms with Gasteiger partial charge in [-0.3, -0.25) is 14.1 Å². The van der Waals surface area contributed by atoms with Crippen LogP contribution in [-0.2, 0) is 27.7 Å². The first kappa shape index (κ1) is 24.1. The van der Waals surface area contributed by atoms with E-state index in [4.69, 9.17) is 13.6 Å². The van der Waals surface area contributed by atoms with E-state index in [2.05, 4.69) is 0 Å². The number of nitrogens with zero attached hydrogens (tertiary/aromatic N) is 1. The van der Waals surface area contributed by atoms with Gasteiger partial charge in [0.25, 0.3) is 0 Å². The molecular formula is C17H35NO6P+. The van der Waals surface area contributed by atoms with Crippen LogP contribution in [0, 0.1) is 0 Å². The molecule has 0 unspecified atom stereocenters. The molecule has 25 heavy (non-hydrogen) atoms. The summed E-state index contributed by atoms with van der Waals surface area (Å²) in [6, 6.07) is 0. The number of likely N-dealkylation sites (N-methyl/N-ethyl adjacent to an activating group) is 1. The Morgan fingerprint density at radius 2 is 1.28 bits per heavy atom. The number of phosphoric ester groups is 1. The molecule has 0 heterocycles. The maximum absolute atomic E-state index is 12.7. The molecule has 0 aromatic carbocycles. The molecule has 0 atom stereocenters. The molecule has 0 amide bonds. The second-order valence-corrected chi connectivity index (χ2v) is 8.65. The van der Waals surface area contributed by atoms with Crippen LogP contribution in [0.3, 0.4) is 0 Å². The first-order valence-electron chi connectivity index (χ1n) is 9.11. The van der Waals surface area contributed by atoms with Crippen molar-refractivity contribution in [2.75, 3.05) is 34.3 Å². The highest BCUT2D eigenvalue weighted by Crippen LogP contribution is 2.50. The number of hydrogen-bond donors (Lipinski definition) is 0. The fourth-order valence-electron chi connectivity index (χ4n) is 1.88. The first-order valence-corrected chi connectivity index (χ1v) is 10.6. The van der Waals surface area contributed by atoms with Gasteiger partial charge in [-0.1, -0.05) is 39.5 Å². The molecule has 0 rings (SSSR count). The summed E-state index contributed by atoms with van der Waals surface area (Å²) in [6.07, 6.45) is 5.19. The fraction of sp³-hybridized carbons (Fsp3) is 0.882. The van der Waals surface area contributed by atoms with E-state index in [-0.39, 0.29) is 19.4 Å². The van der Waals surface area contributed by atoms with Crippen LogP contribution in [0.15, 0.2) is 0 Å². The largest absolute Gasteiger partial charge is 0.592 e. The van der Waals surface area contributed by atoms with Gasteiger partial charge in [0.2, 0.25) is 0 Å². The number of carbonyl (C=O) groups excluding carboxylic acids is 2. The molecule has 0 aliphatic rings. The molecule has 0 saturated carbocycles. The van der Waals surface area contributed by atoms with E-state index in [1.54, 1.807) is 0 Å². The van der Waals surface area contributed by atoms with Gasteiger partial charge in [0.05, 0.1) is 21.1 Å². The van der Waals surface area contributed by atoms with Crippen molar-refractivity contribution in [3.8, 4) is 0 Å². The van der Waals surface area contributed by atoms with E-state index in [1.165, 1.54) is 0 Å². The average molecular weight is 380 g/mol. The molecule has 0 aliphatic heterocycles. The van der Waals surface area contributed by atoms with Gasteiger partial charge in [-0.05, 0) is 12.8 Å².